The lowest BCUT2D eigenvalue weighted by atomic mass is 10.0. The summed E-state index contributed by atoms with van der Waals surface area (Å²) in [6.07, 6.45) is 3.52. The predicted octanol–water partition coefficient (Wildman–Crippen LogP) is 1.47. The second-order valence-electron chi connectivity index (χ2n) is 4.73. The van der Waals surface area contributed by atoms with Gasteiger partial charge in [-0.25, -0.2) is 0 Å². The molecular formula is C10H21N3. The van der Waals surface area contributed by atoms with Crippen molar-refractivity contribution in [3.63, 3.8) is 0 Å². The fraction of sp³-hybridized carbons (Fsp3) is 0.800. The summed E-state index contributed by atoms with van der Waals surface area (Å²) in [4.78, 5) is 0. The maximum absolute atomic E-state index is 5.66. The third-order valence-corrected chi connectivity index (χ3v) is 3.11. The molecule has 0 aliphatic heterocycles. The van der Waals surface area contributed by atoms with Gasteiger partial charge < -0.3 is 11.2 Å². The van der Waals surface area contributed by atoms with Crippen LogP contribution in [0.3, 0.4) is 0 Å². The van der Waals surface area contributed by atoms with Gasteiger partial charge in [-0.15, -0.1) is 0 Å². The molecule has 1 aliphatic rings. The highest BCUT2D eigenvalue weighted by atomic mass is 15.2. The van der Waals surface area contributed by atoms with Crippen LogP contribution in [0.4, 0.5) is 0 Å². The molecule has 0 amide bonds. The first kappa shape index (κ1) is 10.4. The van der Waals surface area contributed by atoms with Crippen molar-refractivity contribution in [1.29, 1.82) is 0 Å². The van der Waals surface area contributed by atoms with Gasteiger partial charge in [-0.3, -0.25) is 5.84 Å². The Morgan fingerprint density at radius 1 is 1.54 bits per heavy atom. The summed E-state index contributed by atoms with van der Waals surface area (Å²) >= 11 is 0. The van der Waals surface area contributed by atoms with Crippen molar-refractivity contribution in [2.75, 3.05) is 0 Å². The molecule has 0 aromatic rings. The molecule has 1 atom stereocenters. The van der Waals surface area contributed by atoms with Crippen LogP contribution < -0.4 is 17.0 Å². The number of allylic oxidation sites excluding steroid dienone is 2. The first-order valence-electron chi connectivity index (χ1n) is 4.89. The second-order valence-corrected chi connectivity index (χ2v) is 4.73. The maximum atomic E-state index is 5.66. The summed E-state index contributed by atoms with van der Waals surface area (Å²) in [5, 5.41) is 0. The van der Waals surface area contributed by atoms with E-state index in [1.165, 1.54) is 12.8 Å². The Labute approximate surface area is 80.5 Å². The van der Waals surface area contributed by atoms with Gasteiger partial charge >= 0.3 is 0 Å². The zero-order chi connectivity index (χ0) is 10.1. The van der Waals surface area contributed by atoms with Crippen molar-refractivity contribution >= 4 is 0 Å². The summed E-state index contributed by atoms with van der Waals surface area (Å²) in [5.41, 5.74) is 10.7. The SMILES string of the molecule is C/C(N)=C(\CCC1CC1(C)C)NN. The van der Waals surface area contributed by atoms with E-state index in [4.69, 9.17) is 11.6 Å². The molecule has 0 aromatic heterocycles. The third-order valence-electron chi connectivity index (χ3n) is 3.11. The van der Waals surface area contributed by atoms with Crippen LogP contribution in [0, 0.1) is 11.3 Å². The zero-order valence-corrected chi connectivity index (χ0v) is 8.85. The fourth-order valence-corrected chi connectivity index (χ4v) is 1.77. The molecule has 0 heterocycles. The van der Waals surface area contributed by atoms with Gasteiger partial charge in [0.05, 0.1) is 0 Å². The molecule has 0 spiro atoms. The van der Waals surface area contributed by atoms with E-state index in [1.54, 1.807) is 0 Å². The van der Waals surface area contributed by atoms with Crippen molar-refractivity contribution in [3.05, 3.63) is 11.4 Å². The average Bonchev–Trinajstić information content (AvgIpc) is 2.59. The average molecular weight is 183 g/mol. The lowest BCUT2D eigenvalue weighted by molar-refractivity contribution is 0.524. The first-order valence-corrected chi connectivity index (χ1v) is 4.89. The zero-order valence-electron chi connectivity index (χ0n) is 8.85. The Morgan fingerprint density at radius 3 is 2.38 bits per heavy atom. The molecule has 0 radical (unpaired) electrons. The van der Waals surface area contributed by atoms with Crippen LogP contribution in [0.25, 0.3) is 0 Å². The molecule has 3 nitrogen and oxygen atoms in total. The molecule has 76 valence electrons. The molecule has 5 N–H and O–H groups in total. The van der Waals surface area contributed by atoms with E-state index in [-0.39, 0.29) is 0 Å². The van der Waals surface area contributed by atoms with E-state index in [9.17, 15) is 0 Å². The second kappa shape index (κ2) is 3.58. The van der Waals surface area contributed by atoms with Crippen LogP contribution >= 0.6 is 0 Å². The summed E-state index contributed by atoms with van der Waals surface area (Å²) in [7, 11) is 0. The van der Waals surface area contributed by atoms with Crippen LogP contribution in [-0.4, -0.2) is 0 Å². The third kappa shape index (κ3) is 2.62. The van der Waals surface area contributed by atoms with Gasteiger partial charge in [0.2, 0.25) is 0 Å². The largest absolute Gasteiger partial charge is 0.401 e. The summed E-state index contributed by atoms with van der Waals surface area (Å²) in [5.74, 6) is 6.22. The lowest BCUT2D eigenvalue weighted by Crippen LogP contribution is -2.24. The minimum absolute atomic E-state index is 0.558. The first-order chi connectivity index (χ1) is 5.97. The van der Waals surface area contributed by atoms with Crippen molar-refractivity contribution < 1.29 is 0 Å². The van der Waals surface area contributed by atoms with E-state index in [0.717, 1.165) is 23.7 Å². The Hall–Kier alpha value is -0.700. The molecule has 0 bridgehead atoms. The Balaban J connectivity index is 2.31. The van der Waals surface area contributed by atoms with E-state index in [0.29, 0.717) is 5.41 Å². The Morgan fingerprint density at radius 2 is 2.08 bits per heavy atom. The standard InChI is InChI=1S/C10H21N3/c1-7(11)9(13-12)5-4-8-6-10(8,2)3/h8,13H,4-6,11-12H2,1-3H3/b9-7-. The van der Waals surface area contributed by atoms with Crippen LogP contribution in [0.15, 0.2) is 11.4 Å². The number of hydrazine groups is 1. The maximum Gasteiger partial charge on any atom is 0.0443 e. The fourth-order valence-electron chi connectivity index (χ4n) is 1.77. The van der Waals surface area contributed by atoms with Crippen LogP contribution in [0.1, 0.15) is 40.0 Å². The highest BCUT2D eigenvalue weighted by molar-refractivity contribution is 5.07. The van der Waals surface area contributed by atoms with Gasteiger partial charge in [0.1, 0.15) is 0 Å². The summed E-state index contributed by atoms with van der Waals surface area (Å²) in [6.45, 7) is 6.51. The van der Waals surface area contributed by atoms with E-state index < -0.39 is 0 Å². The molecule has 0 saturated heterocycles. The van der Waals surface area contributed by atoms with Gasteiger partial charge in [-0.05, 0) is 37.5 Å². The molecule has 0 aromatic carbocycles. The predicted molar refractivity (Wildman–Crippen MR) is 55.3 cm³/mol. The van der Waals surface area contributed by atoms with Gasteiger partial charge in [0.25, 0.3) is 0 Å². The minimum Gasteiger partial charge on any atom is -0.401 e. The van der Waals surface area contributed by atoms with Crippen molar-refractivity contribution in [3.8, 4) is 0 Å². The topological polar surface area (TPSA) is 64.1 Å². The van der Waals surface area contributed by atoms with E-state index in [2.05, 4.69) is 19.3 Å². The van der Waals surface area contributed by atoms with Crippen molar-refractivity contribution in [2.45, 2.75) is 40.0 Å². The molecule has 1 aliphatic carbocycles. The number of nitrogens with two attached hydrogens (primary N) is 2. The molecule has 1 rings (SSSR count). The molecule has 13 heavy (non-hydrogen) atoms. The summed E-state index contributed by atoms with van der Waals surface area (Å²) < 4.78 is 0. The van der Waals surface area contributed by atoms with Crippen molar-refractivity contribution in [2.24, 2.45) is 22.9 Å². The van der Waals surface area contributed by atoms with Gasteiger partial charge in [0, 0.05) is 11.4 Å². The lowest BCUT2D eigenvalue weighted by Gasteiger charge is -2.09. The van der Waals surface area contributed by atoms with Crippen LogP contribution in [0.2, 0.25) is 0 Å². The highest BCUT2D eigenvalue weighted by Crippen LogP contribution is 2.54. The minimum atomic E-state index is 0.558. The van der Waals surface area contributed by atoms with Crippen LogP contribution in [-0.2, 0) is 0 Å². The molecule has 1 fully saturated rings. The molecule has 3 heteroatoms. The van der Waals surface area contributed by atoms with Gasteiger partial charge in [0.15, 0.2) is 0 Å². The quantitative estimate of drug-likeness (QED) is 0.457. The monoisotopic (exact) mass is 183 g/mol. The van der Waals surface area contributed by atoms with Crippen molar-refractivity contribution in [1.82, 2.24) is 5.43 Å². The smallest absolute Gasteiger partial charge is 0.0443 e. The normalized spacial score (nSPS) is 26.6. The number of nitrogens with one attached hydrogen (secondary N) is 1. The van der Waals surface area contributed by atoms with Gasteiger partial charge in [-0.1, -0.05) is 13.8 Å². The Bertz CT molecular complexity index is 214. The molecule has 1 unspecified atom stereocenters. The van der Waals surface area contributed by atoms with Gasteiger partial charge in [-0.2, -0.15) is 0 Å². The molecule has 1 saturated carbocycles. The highest BCUT2D eigenvalue weighted by Gasteiger charge is 2.44. The van der Waals surface area contributed by atoms with Crippen LogP contribution in [0.5, 0.6) is 0 Å². The number of hydrogen-bond donors (Lipinski definition) is 3. The molecular weight excluding hydrogens is 162 g/mol. The summed E-state index contributed by atoms with van der Waals surface area (Å²) in [6, 6.07) is 0. The number of rotatable bonds is 4. The van der Waals surface area contributed by atoms with E-state index in [1.807, 2.05) is 6.92 Å². The Kier molecular flexibility index (Phi) is 2.86. The van der Waals surface area contributed by atoms with E-state index >= 15 is 0 Å². The number of hydrogen-bond acceptors (Lipinski definition) is 3.